The van der Waals surface area contributed by atoms with Crippen LogP contribution in [0.15, 0.2) is 42.6 Å². The zero-order valence-corrected chi connectivity index (χ0v) is 13.2. The summed E-state index contributed by atoms with van der Waals surface area (Å²) in [5.41, 5.74) is 2.68. The zero-order chi connectivity index (χ0) is 16.9. The Labute approximate surface area is 140 Å². The van der Waals surface area contributed by atoms with Gasteiger partial charge in [-0.2, -0.15) is 4.39 Å². The maximum atomic E-state index is 12.8. The minimum atomic E-state index is -0.528. The van der Waals surface area contributed by atoms with Crippen molar-refractivity contribution in [2.75, 3.05) is 6.54 Å². The molecule has 3 rings (SSSR count). The third-order valence-electron chi connectivity index (χ3n) is 4.21. The number of benzene rings is 1. The van der Waals surface area contributed by atoms with Crippen molar-refractivity contribution >= 4 is 6.03 Å². The van der Waals surface area contributed by atoms with E-state index in [0.717, 1.165) is 36.1 Å². The van der Waals surface area contributed by atoms with Crippen LogP contribution >= 0.6 is 0 Å². The summed E-state index contributed by atoms with van der Waals surface area (Å²) in [4.78, 5) is 17.9. The van der Waals surface area contributed by atoms with Crippen molar-refractivity contribution in [1.29, 1.82) is 0 Å². The van der Waals surface area contributed by atoms with Crippen LogP contribution in [-0.2, 0) is 6.54 Å². The van der Waals surface area contributed by atoms with Crippen LogP contribution in [-0.4, -0.2) is 22.5 Å². The SMILES string of the molecule is C#Cc1ccc(C2CCCN2C(=O)NCc2ccc(F)nc2)cc1. The molecule has 5 heteroatoms. The van der Waals surface area contributed by atoms with E-state index in [1.165, 1.54) is 12.3 Å². The van der Waals surface area contributed by atoms with Crippen LogP contribution in [0, 0.1) is 18.3 Å². The highest BCUT2D eigenvalue weighted by molar-refractivity contribution is 5.75. The summed E-state index contributed by atoms with van der Waals surface area (Å²) in [5, 5.41) is 2.87. The number of pyridine rings is 1. The number of amides is 2. The predicted octanol–water partition coefficient (Wildman–Crippen LogP) is 3.25. The fraction of sp³-hybridized carbons (Fsp3) is 0.263. The third-order valence-corrected chi connectivity index (χ3v) is 4.21. The number of nitrogens with zero attached hydrogens (tertiary/aromatic N) is 2. The summed E-state index contributed by atoms with van der Waals surface area (Å²) in [6.07, 6.45) is 8.70. The van der Waals surface area contributed by atoms with Crippen LogP contribution in [0.3, 0.4) is 0 Å². The fourth-order valence-corrected chi connectivity index (χ4v) is 2.95. The second kappa shape index (κ2) is 7.14. The number of hydrogen-bond acceptors (Lipinski definition) is 2. The average Bonchev–Trinajstić information content (AvgIpc) is 3.11. The molecule has 1 unspecified atom stereocenters. The highest BCUT2D eigenvalue weighted by Gasteiger charge is 2.29. The van der Waals surface area contributed by atoms with Gasteiger partial charge in [-0.1, -0.05) is 24.1 Å². The Morgan fingerprint density at radius 1 is 1.33 bits per heavy atom. The fourth-order valence-electron chi connectivity index (χ4n) is 2.95. The Morgan fingerprint density at radius 2 is 2.12 bits per heavy atom. The lowest BCUT2D eigenvalue weighted by Crippen LogP contribution is -2.39. The minimum absolute atomic E-state index is 0.0585. The molecule has 1 atom stereocenters. The molecule has 0 spiro atoms. The van der Waals surface area contributed by atoms with E-state index in [4.69, 9.17) is 6.42 Å². The molecule has 1 aromatic carbocycles. The van der Waals surface area contributed by atoms with Crippen LogP contribution in [0.4, 0.5) is 9.18 Å². The molecule has 2 amide bonds. The number of urea groups is 1. The molecule has 1 fully saturated rings. The quantitative estimate of drug-likeness (QED) is 0.696. The van der Waals surface area contributed by atoms with Crippen LogP contribution in [0.5, 0.6) is 0 Å². The lowest BCUT2D eigenvalue weighted by Gasteiger charge is -2.25. The largest absolute Gasteiger partial charge is 0.334 e. The van der Waals surface area contributed by atoms with E-state index in [9.17, 15) is 9.18 Å². The van der Waals surface area contributed by atoms with Crippen molar-refractivity contribution in [3.63, 3.8) is 0 Å². The second-order valence-corrected chi connectivity index (χ2v) is 5.77. The molecular weight excluding hydrogens is 305 g/mol. The maximum absolute atomic E-state index is 12.8. The first kappa shape index (κ1) is 16.0. The molecule has 4 nitrogen and oxygen atoms in total. The van der Waals surface area contributed by atoms with Gasteiger partial charge in [0.1, 0.15) is 0 Å². The first-order valence-corrected chi connectivity index (χ1v) is 7.89. The van der Waals surface area contributed by atoms with Gasteiger partial charge in [-0.05, 0) is 42.2 Å². The van der Waals surface area contributed by atoms with Crippen molar-refractivity contribution in [1.82, 2.24) is 15.2 Å². The smallest absolute Gasteiger partial charge is 0.318 e. The average molecular weight is 323 g/mol. The van der Waals surface area contributed by atoms with Gasteiger partial charge in [0.05, 0.1) is 6.04 Å². The van der Waals surface area contributed by atoms with Gasteiger partial charge in [0.25, 0.3) is 0 Å². The molecule has 2 heterocycles. The van der Waals surface area contributed by atoms with Crippen molar-refractivity contribution in [3.05, 3.63) is 65.2 Å². The van der Waals surface area contributed by atoms with Crippen molar-refractivity contribution in [2.24, 2.45) is 0 Å². The first-order valence-electron chi connectivity index (χ1n) is 7.89. The van der Waals surface area contributed by atoms with Crippen molar-refractivity contribution in [3.8, 4) is 12.3 Å². The number of hydrogen-bond donors (Lipinski definition) is 1. The van der Waals surface area contributed by atoms with E-state index in [0.29, 0.717) is 6.54 Å². The number of terminal acetylenes is 1. The van der Waals surface area contributed by atoms with E-state index in [1.54, 1.807) is 6.07 Å². The van der Waals surface area contributed by atoms with Crippen LogP contribution in [0.25, 0.3) is 0 Å². The summed E-state index contributed by atoms with van der Waals surface area (Å²) in [6, 6.07) is 10.6. The Kier molecular flexibility index (Phi) is 4.76. The van der Waals surface area contributed by atoms with Gasteiger partial charge < -0.3 is 10.2 Å². The van der Waals surface area contributed by atoms with Gasteiger partial charge in [-0.15, -0.1) is 6.42 Å². The molecule has 24 heavy (non-hydrogen) atoms. The number of likely N-dealkylation sites (tertiary alicyclic amines) is 1. The number of carbonyl (C=O) groups is 1. The minimum Gasteiger partial charge on any atom is -0.334 e. The highest BCUT2D eigenvalue weighted by Crippen LogP contribution is 2.31. The topological polar surface area (TPSA) is 45.2 Å². The normalized spacial score (nSPS) is 16.7. The highest BCUT2D eigenvalue weighted by atomic mass is 19.1. The lowest BCUT2D eigenvalue weighted by molar-refractivity contribution is 0.192. The van der Waals surface area contributed by atoms with Gasteiger partial charge in [0.2, 0.25) is 5.95 Å². The molecule has 0 radical (unpaired) electrons. The molecule has 1 N–H and O–H groups in total. The van der Waals surface area contributed by atoms with Crippen LogP contribution < -0.4 is 5.32 Å². The van der Waals surface area contributed by atoms with E-state index in [-0.39, 0.29) is 12.1 Å². The summed E-state index contributed by atoms with van der Waals surface area (Å²) in [5.74, 6) is 2.07. The molecule has 122 valence electrons. The summed E-state index contributed by atoms with van der Waals surface area (Å²) in [7, 11) is 0. The maximum Gasteiger partial charge on any atom is 0.318 e. The molecule has 1 aliphatic rings. The Morgan fingerprint density at radius 3 is 2.79 bits per heavy atom. The predicted molar refractivity (Wildman–Crippen MR) is 89.5 cm³/mol. The van der Waals surface area contributed by atoms with E-state index in [2.05, 4.69) is 16.2 Å². The van der Waals surface area contributed by atoms with E-state index >= 15 is 0 Å². The molecule has 0 saturated carbocycles. The zero-order valence-electron chi connectivity index (χ0n) is 13.2. The first-order chi connectivity index (χ1) is 11.7. The monoisotopic (exact) mass is 323 g/mol. The molecule has 1 saturated heterocycles. The third kappa shape index (κ3) is 3.54. The van der Waals surface area contributed by atoms with Gasteiger partial charge in [0, 0.05) is 24.8 Å². The summed E-state index contributed by atoms with van der Waals surface area (Å²) in [6.45, 7) is 1.04. The number of nitrogens with one attached hydrogen (secondary N) is 1. The standard InChI is InChI=1S/C19H18FN3O/c1-2-14-5-8-16(9-6-14)17-4-3-11-23(17)19(24)22-13-15-7-10-18(20)21-12-15/h1,5-10,12,17H,3-4,11,13H2,(H,22,24). The van der Waals surface area contributed by atoms with Crippen LogP contribution in [0.1, 0.15) is 35.6 Å². The Bertz CT molecular complexity index is 750. The van der Waals surface area contributed by atoms with Crippen molar-refractivity contribution in [2.45, 2.75) is 25.4 Å². The molecule has 0 bridgehead atoms. The summed E-state index contributed by atoms with van der Waals surface area (Å²) >= 11 is 0. The van der Waals surface area contributed by atoms with E-state index in [1.807, 2.05) is 29.2 Å². The molecular formula is C19H18FN3O. The molecule has 1 aromatic heterocycles. The van der Waals surface area contributed by atoms with Gasteiger partial charge in [0.15, 0.2) is 0 Å². The second-order valence-electron chi connectivity index (χ2n) is 5.77. The molecule has 0 aliphatic carbocycles. The van der Waals surface area contributed by atoms with Crippen molar-refractivity contribution < 1.29 is 9.18 Å². The van der Waals surface area contributed by atoms with Gasteiger partial charge >= 0.3 is 6.03 Å². The van der Waals surface area contributed by atoms with Crippen LogP contribution in [0.2, 0.25) is 0 Å². The van der Waals surface area contributed by atoms with Gasteiger partial charge in [-0.25, -0.2) is 9.78 Å². The van der Waals surface area contributed by atoms with E-state index < -0.39 is 5.95 Å². The number of carbonyl (C=O) groups excluding carboxylic acids is 1. The Balaban J connectivity index is 1.64. The number of halogens is 1. The number of rotatable bonds is 3. The summed E-state index contributed by atoms with van der Waals surface area (Å²) < 4.78 is 12.8. The van der Waals surface area contributed by atoms with Gasteiger partial charge in [-0.3, -0.25) is 0 Å². The number of aromatic nitrogens is 1. The molecule has 2 aromatic rings. The lowest BCUT2D eigenvalue weighted by atomic mass is 10.0. The molecule has 1 aliphatic heterocycles. The Hall–Kier alpha value is -2.87.